The highest BCUT2D eigenvalue weighted by atomic mass is 16.3. The van der Waals surface area contributed by atoms with Crippen LogP contribution in [0.2, 0.25) is 0 Å². The molecule has 4 saturated carbocycles. The number of carbonyl (C=O) groups excluding carboxylic acids is 10. The predicted molar refractivity (Wildman–Crippen MR) is 213 cm³/mol. The highest BCUT2D eigenvalue weighted by Crippen LogP contribution is 2.52. The van der Waals surface area contributed by atoms with Gasteiger partial charge < -0.3 is 31.9 Å². The third kappa shape index (κ3) is 6.12. The predicted octanol–water partition coefficient (Wildman–Crippen LogP) is -1.31. The molecule has 0 bridgehead atoms. The zero-order chi connectivity index (χ0) is 45.8. The molecule has 4 unspecified atom stereocenters. The van der Waals surface area contributed by atoms with E-state index in [0.29, 0.717) is 22.3 Å². The Hall–Kier alpha value is -6.66. The number of hydrogen-bond acceptors (Lipinski definition) is 15. The number of Topliss-reactive ketones (excluding diaryl/α,β-unsaturated/α-hetero) is 8. The van der Waals surface area contributed by atoms with Crippen molar-refractivity contribution in [3.05, 3.63) is 57.6 Å². The standard InChI is InChI=1S/C46H41N3O14/c1-49(2)35-25-16-21-15-24-19(10-12-27(51)32(24)37(54)30(21)40(57)46(25,63)42(59)34(38(35)55)44(48)61)8-6-4-3-5-7-18-9-11-26(50)31-23(18)14-20-13-22-17-28(52)33(43(47)60)41(58)45(22,62)39(56)29(20)36(31)53/h9-12,20-22,25,29-30,33-35,50-51,62-63H,3-4,13-17H2,1-2H3,(H2,47,60)(H2,48,61)/t20-,21+,22+,25+,29?,30?,33?,34?,35+,45+,46+/m1/s1. The van der Waals surface area contributed by atoms with E-state index in [-0.39, 0.29) is 49.7 Å². The van der Waals surface area contributed by atoms with E-state index < -0.39 is 141 Å². The van der Waals surface area contributed by atoms with E-state index in [1.54, 1.807) is 0 Å². The zero-order valence-electron chi connectivity index (χ0n) is 33.9. The van der Waals surface area contributed by atoms with Crippen LogP contribution >= 0.6 is 0 Å². The summed E-state index contributed by atoms with van der Waals surface area (Å²) >= 11 is 0. The number of primary amides is 2. The molecule has 63 heavy (non-hydrogen) atoms. The Morgan fingerprint density at radius 3 is 1.60 bits per heavy atom. The van der Waals surface area contributed by atoms with Crippen LogP contribution in [0.3, 0.4) is 0 Å². The van der Waals surface area contributed by atoms with Crippen molar-refractivity contribution in [3.63, 3.8) is 0 Å². The maximum atomic E-state index is 14.1. The average molecular weight is 860 g/mol. The third-order valence-electron chi connectivity index (χ3n) is 14.1. The number of unbranched alkanes of at least 4 members (excludes halogenated alkanes) is 1. The first-order valence-corrected chi connectivity index (χ1v) is 20.4. The highest BCUT2D eigenvalue weighted by molar-refractivity contribution is 6.33. The van der Waals surface area contributed by atoms with E-state index in [1.807, 2.05) is 0 Å². The summed E-state index contributed by atoms with van der Waals surface area (Å²) in [5.41, 5.74) is 6.08. The molecule has 11 atom stereocenters. The van der Waals surface area contributed by atoms with Gasteiger partial charge in [-0.15, -0.1) is 0 Å². The van der Waals surface area contributed by atoms with E-state index in [4.69, 9.17) is 11.5 Å². The molecular formula is C46H41N3O14. The molecule has 6 aliphatic rings. The van der Waals surface area contributed by atoms with Crippen molar-refractivity contribution in [3.8, 4) is 35.2 Å². The van der Waals surface area contributed by atoms with Crippen molar-refractivity contribution >= 4 is 58.1 Å². The minimum Gasteiger partial charge on any atom is -0.507 e. The second-order valence-corrected chi connectivity index (χ2v) is 17.6. The molecule has 0 saturated heterocycles. The number of aliphatic hydroxyl groups is 2. The van der Waals surface area contributed by atoms with Gasteiger partial charge in [0.2, 0.25) is 11.8 Å². The van der Waals surface area contributed by atoms with Crippen LogP contribution in [0.4, 0.5) is 0 Å². The number of amides is 2. The largest absolute Gasteiger partial charge is 0.507 e. The smallest absolute Gasteiger partial charge is 0.235 e. The lowest BCUT2D eigenvalue weighted by molar-refractivity contribution is -0.182. The van der Waals surface area contributed by atoms with Gasteiger partial charge in [-0.3, -0.25) is 52.8 Å². The Bertz CT molecular complexity index is 2700. The second kappa shape index (κ2) is 15.0. The molecule has 4 fully saturated rings. The van der Waals surface area contributed by atoms with Gasteiger partial charge in [0, 0.05) is 42.2 Å². The molecule has 6 aliphatic carbocycles. The summed E-state index contributed by atoms with van der Waals surface area (Å²) in [6, 6.07) is 4.25. The van der Waals surface area contributed by atoms with E-state index in [1.165, 1.54) is 43.3 Å². The van der Waals surface area contributed by atoms with Crippen LogP contribution in [-0.4, -0.2) is 115 Å². The fraction of sp³-hybridized carbons (Fsp3) is 0.435. The molecule has 8 rings (SSSR count). The number of ketones is 8. The topological polar surface area (TPSA) is 307 Å². The van der Waals surface area contributed by atoms with Gasteiger partial charge >= 0.3 is 0 Å². The Labute approximate surface area is 358 Å². The first kappa shape index (κ1) is 43.0. The Kier molecular flexibility index (Phi) is 10.2. The van der Waals surface area contributed by atoms with Gasteiger partial charge in [-0.1, -0.05) is 23.7 Å². The van der Waals surface area contributed by atoms with Crippen molar-refractivity contribution in [1.82, 2.24) is 4.90 Å². The summed E-state index contributed by atoms with van der Waals surface area (Å²) in [7, 11) is 2.99. The first-order chi connectivity index (χ1) is 29.7. The van der Waals surface area contributed by atoms with Crippen molar-refractivity contribution in [2.24, 2.45) is 58.8 Å². The molecule has 0 radical (unpaired) electrons. The third-order valence-corrected chi connectivity index (χ3v) is 14.1. The minimum absolute atomic E-state index is 0.0305. The molecule has 2 aromatic rings. The minimum atomic E-state index is -2.85. The van der Waals surface area contributed by atoms with E-state index in [9.17, 15) is 68.4 Å². The van der Waals surface area contributed by atoms with Crippen LogP contribution < -0.4 is 11.5 Å². The summed E-state index contributed by atoms with van der Waals surface area (Å²) in [4.78, 5) is 134. The van der Waals surface area contributed by atoms with Crippen molar-refractivity contribution in [2.75, 3.05) is 14.1 Å². The van der Waals surface area contributed by atoms with Crippen LogP contribution in [-0.2, 0) is 51.2 Å². The van der Waals surface area contributed by atoms with Gasteiger partial charge in [-0.25, -0.2) is 0 Å². The van der Waals surface area contributed by atoms with Crippen molar-refractivity contribution in [1.29, 1.82) is 0 Å². The number of likely N-dealkylation sites (N-methyl/N-ethyl adjacent to an activating group) is 1. The lowest BCUT2D eigenvalue weighted by atomic mass is 9.52. The molecule has 324 valence electrons. The van der Waals surface area contributed by atoms with Crippen LogP contribution in [0, 0.1) is 71.0 Å². The molecule has 0 heterocycles. The maximum Gasteiger partial charge on any atom is 0.235 e. The number of phenols is 2. The maximum absolute atomic E-state index is 14.1. The van der Waals surface area contributed by atoms with Crippen LogP contribution in [0.15, 0.2) is 24.3 Å². The number of hydrogen-bond donors (Lipinski definition) is 6. The monoisotopic (exact) mass is 859 g/mol. The number of nitrogens with two attached hydrogens (primary N) is 2. The SMILES string of the molecule is CN(C)[C@@H]1C(=O)C(C(N)=O)C(=O)[C@@]2(O)C(=O)C3C(=O)c4c(O)ccc(C#CCCC#Cc5ccc(O)c6c5C[C@H]5C[C@H]7CC(=O)C(C(N)=O)C(=O)[C@@]7(O)C(=O)C5C6=O)c4C[C@H]3C[C@@H]12. The number of nitrogens with zero attached hydrogens (tertiary/aromatic N) is 1. The van der Waals surface area contributed by atoms with Gasteiger partial charge in [0.05, 0.1) is 29.0 Å². The van der Waals surface area contributed by atoms with E-state index in [0.717, 1.165) is 0 Å². The fourth-order valence-corrected chi connectivity index (χ4v) is 11.2. The summed E-state index contributed by atoms with van der Waals surface area (Å²) in [6.45, 7) is 0. The van der Waals surface area contributed by atoms with Gasteiger partial charge in [-0.05, 0) is 87.0 Å². The molecule has 17 heteroatoms. The van der Waals surface area contributed by atoms with Gasteiger partial charge in [0.25, 0.3) is 0 Å². The molecule has 0 spiro atoms. The Balaban J connectivity index is 1.02. The van der Waals surface area contributed by atoms with Gasteiger partial charge in [-0.2, -0.15) is 0 Å². The molecule has 2 amide bonds. The number of rotatable bonds is 4. The number of benzene rings is 2. The summed E-state index contributed by atoms with van der Waals surface area (Å²) in [6.07, 6.45) is -0.179. The molecule has 8 N–H and O–H groups in total. The number of aromatic hydroxyl groups is 2. The molecule has 17 nitrogen and oxygen atoms in total. The summed E-state index contributed by atoms with van der Waals surface area (Å²) in [5, 5.41) is 44.8. The molecular weight excluding hydrogens is 819 g/mol. The molecule has 2 aromatic carbocycles. The van der Waals surface area contributed by atoms with Gasteiger partial charge in [0.1, 0.15) is 11.5 Å². The van der Waals surface area contributed by atoms with Crippen LogP contribution in [0.5, 0.6) is 11.5 Å². The van der Waals surface area contributed by atoms with Crippen molar-refractivity contribution in [2.45, 2.75) is 62.2 Å². The van der Waals surface area contributed by atoms with Crippen molar-refractivity contribution < 1.29 is 68.4 Å². The lowest BCUT2D eigenvalue weighted by Crippen LogP contribution is -2.74. The fourth-order valence-electron chi connectivity index (χ4n) is 11.2. The number of phenolic OH excluding ortho intramolecular Hbond substituents is 2. The molecule has 0 aromatic heterocycles. The quantitative estimate of drug-likeness (QED) is 0.118. The molecule has 0 aliphatic heterocycles. The van der Waals surface area contributed by atoms with Crippen LogP contribution in [0.25, 0.3) is 0 Å². The normalized spacial score (nSPS) is 33.1. The van der Waals surface area contributed by atoms with Crippen LogP contribution in [0.1, 0.15) is 75.1 Å². The first-order valence-electron chi connectivity index (χ1n) is 20.4. The van der Waals surface area contributed by atoms with E-state index in [2.05, 4.69) is 23.7 Å². The van der Waals surface area contributed by atoms with Gasteiger partial charge in [0.15, 0.2) is 69.3 Å². The average Bonchev–Trinajstić information content (AvgIpc) is 3.20. The van der Waals surface area contributed by atoms with E-state index >= 15 is 0 Å². The zero-order valence-corrected chi connectivity index (χ0v) is 33.9. The summed E-state index contributed by atoms with van der Waals surface area (Å²) < 4.78 is 0. The lowest BCUT2D eigenvalue weighted by Gasteiger charge is -2.52. The Morgan fingerprint density at radius 1 is 0.667 bits per heavy atom. The second-order valence-electron chi connectivity index (χ2n) is 17.6. The number of fused-ring (bicyclic) bond motifs is 6. The Morgan fingerprint density at radius 2 is 1.13 bits per heavy atom. The highest BCUT2D eigenvalue weighted by Gasteiger charge is 2.70. The summed E-state index contributed by atoms with van der Waals surface area (Å²) in [5.74, 6) is -11.0. The number of carbonyl (C=O) groups is 10.